The zero-order valence-corrected chi connectivity index (χ0v) is 21.4. The van der Waals surface area contributed by atoms with Crippen LogP contribution in [0.5, 0.6) is 0 Å². The first-order chi connectivity index (χ1) is 18.0. The summed E-state index contributed by atoms with van der Waals surface area (Å²) >= 11 is 6.45. The molecule has 4 aromatic rings. The molecular formula is C26H24ClF3N6O2. The van der Waals surface area contributed by atoms with Crippen molar-refractivity contribution in [2.45, 2.75) is 38.5 Å². The second-order valence-corrected chi connectivity index (χ2v) is 9.63. The summed E-state index contributed by atoms with van der Waals surface area (Å²) in [5.74, 6) is -1.00. The Morgan fingerprint density at radius 2 is 1.76 bits per heavy atom. The minimum atomic E-state index is -4.64. The molecular weight excluding hydrogens is 521 g/mol. The van der Waals surface area contributed by atoms with Crippen LogP contribution < -0.4 is 16.2 Å². The van der Waals surface area contributed by atoms with Gasteiger partial charge in [0.2, 0.25) is 0 Å². The van der Waals surface area contributed by atoms with Crippen LogP contribution in [0.2, 0.25) is 5.02 Å². The lowest BCUT2D eigenvalue weighted by Gasteiger charge is -2.33. The van der Waals surface area contributed by atoms with Crippen molar-refractivity contribution in [1.29, 1.82) is 0 Å². The lowest BCUT2D eigenvalue weighted by Crippen LogP contribution is -2.35. The van der Waals surface area contributed by atoms with Crippen molar-refractivity contribution < 1.29 is 18.0 Å². The predicted octanol–water partition coefficient (Wildman–Crippen LogP) is 5.56. The van der Waals surface area contributed by atoms with E-state index in [1.807, 2.05) is 19.1 Å². The van der Waals surface area contributed by atoms with Gasteiger partial charge in [0.05, 0.1) is 17.4 Å². The Hall–Kier alpha value is -3.99. The first-order valence-electron chi connectivity index (χ1n) is 11.8. The van der Waals surface area contributed by atoms with Crippen molar-refractivity contribution in [3.8, 4) is 5.69 Å². The van der Waals surface area contributed by atoms with E-state index in [2.05, 4.69) is 15.7 Å². The van der Waals surface area contributed by atoms with E-state index in [9.17, 15) is 22.8 Å². The van der Waals surface area contributed by atoms with Crippen molar-refractivity contribution in [2.75, 3.05) is 10.6 Å². The minimum Gasteiger partial charge on any atom is -0.362 e. The number of carbonyl (C=O) groups is 1. The maximum atomic E-state index is 14.1. The number of nitrogens with zero attached hydrogens (tertiary/aromatic N) is 4. The third-order valence-electron chi connectivity index (χ3n) is 6.78. The van der Waals surface area contributed by atoms with E-state index in [0.29, 0.717) is 21.6 Å². The van der Waals surface area contributed by atoms with Crippen LogP contribution in [0.3, 0.4) is 0 Å². The monoisotopic (exact) mass is 544 g/mol. The molecule has 0 fully saturated rings. The molecule has 12 heteroatoms. The van der Waals surface area contributed by atoms with E-state index in [-0.39, 0.29) is 22.9 Å². The molecule has 0 aliphatic carbocycles. The van der Waals surface area contributed by atoms with Crippen LogP contribution in [0.15, 0.2) is 59.4 Å². The maximum absolute atomic E-state index is 14.1. The summed E-state index contributed by atoms with van der Waals surface area (Å²) in [5, 5.41) is 9.23. The average Bonchev–Trinajstić information content (AvgIpc) is 3.32. The van der Waals surface area contributed by atoms with Crippen molar-refractivity contribution >= 4 is 29.0 Å². The van der Waals surface area contributed by atoms with Crippen molar-refractivity contribution in [3.63, 3.8) is 0 Å². The van der Waals surface area contributed by atoms with E-state index in [0.717, 1.165) is 5.56 Å². The molecule has 2 atom stereocenters. The number of hydrogen-bond acceptors (Lipinski definition) is 4. The van der Waals surface area contributed by atoms with Crippen molar-refractivity contribution in [2.24, 2.45) is 7.05 Å². The van der Waals surface area contributed by atoms with Gasteiger partial charge >= 0.3 is 6.18 Å². The molecule has 1 amide bonds. The van der Waals surface area contributed by atoms with Gasteiger partial charge in [-0.15, -0.1) is 0 Å². The third kappa shape index (κ3) is 4.36. The predicted molar refractivity (Wildman–Crippen MR) is 138 cm³/mol. The van der Waals surface area contributed by atoms with Gasteiger partial charge in [0.25, 0.3) is 11.5 Å². The van der Waals surface area contributed by atoms with Gasteiger partial charge in [0.1, 0.15) is 16.5 Å². The maximum Gasteiger partial charge on any atom is 0.410 e. The molecule has 0 radical (unpaired) electrons. The highest BCUT2D eigenvalue weighted by Crippen LogP contribution is 2.46. The summed E-state index contributed by atoms with van der Waals surface area (Å²) in [6.45, 7) is 3.53. The quantitative estimate of drug-likeness (QED) is 0.352. The summed E-state index contributed by atoms with van der Waals surface area (Å²) in [6, 6.07) is 13.3. The highest BCUT2D eigenvalue weighted by Gasteiger charge is 2.48. The van der Waals surface area contributed by atoms with Gasteiger partial charge in [0, 0.05) is 13.5 Å². The number of aryl methyl sites for hydroxylation is 1. The first kappa shape index (κ1) is 25.7. The van der Waals surface area contributed by atoms with Crippen molar-refractivity contribution in [3.05, 3.63) is 92.5 Å². The Balaban J connectivity index is 1.51. The largest absolute Gasteiger partial charge is 0.410 e. The highest BCUT2D eigenvalue weighted by molar-refractivity contribution is 6.36. The van der Waals surface area contributed by atoms with Gasteiger partial charge in [-0.25, -0.2) is 9.36 Å². The molecule has 5 rings (SSSR count). The fourth-order valence-corrected chi connectivity index (χ4v) is 4.90. The Morgan fingerprint density at radius 3 is 2.39 bits per heavy atom. The van der Waals surface area contributed by atoms with E-state index in [4.69, 9.17) is 11.6 Å². The molecule has 38 heavy (non-hydrogen) atoms. The van der Waals surface area contributed by atoms with E-state index >= 15 is 0 Å². The summed E-state index contributed by atoms with van der Waals surface area (Å²) in [4.78, 5) is 26.4. The van der Waals surface area contributed by atoms with Gasteiger partial charge in [-0.1, -0.05) is 59.6 Å². The number of aromatic nitrogens is 4. The molecule has 3 heterocycles. The lowest BCUT2D eigenvalue weighted by molar-refractivity contribution is -0.173. The second-order valence-electron chi connectivity index (χ2n) is 9.25. The first-order valence-corrected chi connectivity index (χ1v) is 12.2. The smallest absolute Gasteiger partial charge is 0.362 e. The van der Waals surface area contributed by atoms with Crippen LogP contribution >= 0.6 is 11.6 Å². The van der Waals surface area contributed by atoms with Gasteiger partial charge < -0.3 is 10.6 Å². The van der Waals surface area contributed by atoms with Crippen molar-refractivity contribution in [1.82, 2.24) is 19.1 Å². The Morgan fingerprint density at radius 1 is 1.11 bits per heavy atom. The molecule has 0 unspecified atom stereocenters. The molecule has 0 bridgehead atoms. The molecule has 1 aliphatic rings. The summed E-state index contributed by atoms with van der Waals surface area (Å²) in [6.07, 6.45) is -4.97. The number of benzene rings is 2. The van der Waals surface area contributed by atoms with Gasteiger partial charge in [-0.05, 0) is 31.5 Å². The number of halogens is 4. The SMILES string of the molecule is Cc1ccc([C@H]2C[C@H](C(F)(F)F)n3nc(C(=O)Nc4c(C)n(C)n(-c5ccccc5)c4=O)c(Cl)c3N2)cc1. The molecule has 198 valence electrons. The summed E-state index contributed by atoms with van der Waals surface area (Å²) in [7, 11) is 1.66. The summed E-state index contributed by atoms with van der Waals surface area (Å²) < 4.78 is 45.9. The van der Waals surface area contributed by atoms with E-state index in [1.165, 1.54) is 4.68 Å². The zero-order valence-electron chi connectivity index (χ0n) is 20.7. The van der Waals surface area contributed by atoms with Crippen LogP contribution in [-0.2, 0) is 7.05 Å². The van der Waals surface area contributed by atoms with Crippen LogP contribution in [0.4, 0.5) is 24.7 Å². The van der Waals surface area contributed by atoms with E-state index in [1.54, 1.807) is 61.1 Å². The molecule has 1 aliphatic heterocycles. The molecule has 2 aromatic heterocycles. The minimum absolute atomic E-state index is 0.0266. The number of nitrogens with one attached hydrogen (secondary N) is 2. The molecule has 0 spiro atoms. The normalized spacial score (nSPS) is 17.1. The molecule has 0 saturated heterocycles. The number of alkyl halides is 3. The van der Waals surface area contributed by atoms with Crippen LogP contribution in [0.25, 0.3) is 5.69 Å². The molecule has 2 aromatic carbocycles. The highest BCUT2D eigenvalue weighted by atomic mass is 35.5. The topological polar surface area (TPSA) is 85.9 Å². The number of amides is 1. The molecule has 8 nitrogen and oxygen atoms in total. The number of hydrogen-bond donors (Lipinski definition) is 2. The fourth-order valence-electron chi connectivity index (χ4n) is 4.64. The summed E-state index contributed by atoms with van der Waals surface area (Å²) in [5.41, 5.74) is 1.71. The molecule has 0 saturated carbocycles. The molecule has 2 N–H and O–H groups in total. The van der Waals surface area contributed by atoms with Crippen LogP contribution in [0.1, 0.15) is 45.8 Å². The fraction of sp³-hybridized carbons (Fsp3) is 0.269. The Labute approximate surface area is 220 Å². The number of carbonyl (C=O) groups excluding carboxylic acids is 1. The third-order valence-corrected chi connectivity index (χ3v) is 7.14. The zero-order chi connectivity index (χ0) is 27.4. The van der Waals surface area contributed by atoms with Gasteiger partial charge in [-0.3, -0.25) is 14.3 Å². The lowest BCUT2D eigenvalue weighted by atomic mass is 9.96. The number of fused-ring (bicyclic) bond motifs is 1. The van der Waals surface area contributed by atoms with Gasteiger partial charge in [-0.2, -0.15) is 18.3 Å². The Bertz CT molecular complexity index is 1570. The van der Waals surface area contributed by atoms with Gasteiger partial charge in [0.15, 0.2) is 11.7 Å². The number of para-hydroxylation sites is 1. The standard InChI is InChI=1S/C26H24ClF3N6O2/c1-14-9-11-16(12-10-14)18-13-19(26(28,29)30)35-23(31-18)20(27)22(33-35)24(37)32-21-15(2)34(3)36(25(21)38)17-7-5-4-6-8-17/h4-12,18-19,31H,13H2,1-3H3,(H,32,37)/t18-,19-/m1/s1. The number of anilines is 2. The Kier molecular flexibility index (Phi) is 6.34. The average molecular weight is 545 g/mol. The number of rotatable bonds is 4. The van der Waals surface area contributed by atoms with Crippen LogP contribution in [-0.4, -0.2) is 31.2 Å². The van der Waals surface area contributed by atoms with Crippen LogP contribution in [0, 0.1) is 13.8 Å². The van der Waals surface area contributed by atoms with E-state index < -0.39 is 35.4 Å². The second kappa shape index (κ2) is 9.39.